The molecule has 0 amide bonds. The van der Waals surface area contributed by atoms with Crippen molar-refractivity contribution >= 4 is 40.1 Å². The van der Waals surface area contributed by atoms with Gasteiger partial charge >= 0.3 is 5.97 Å². The Kier molecular flexibility index (Phi) is 5.81. The average Bonchev–Trinajstić information content (AvgIpc) is 3.06. The number of carboxylic acids is 1. The number of ether oxygens (including phenoxy) is 2. The van der Waals surface area contributed by atoms with Gasteiger partial charge in [-0.2, -0.15) is 0 Å². The second-order valence-electron chi connectivity index (χ2n) is 7.26. The molecule has 4 rings (SSSR count). The van der Waals surface area contributed by atoms with Gasteiger partial charge in [0, 0.05) is 21.1 Å². The van der Waals surface area contributed by atoms with E-state index in [0.29, 0.717) is 21.5 Å². The summed E-state index contributed by atoms with van der Waals surface area (Å²) < 4.78 is 13.2. The molecule has 3 aromatic carbocycles. The van der Waals surface area contributed by atoms with Crippen molar-refractivity contribution in [2.75, 3.05) is 0 Å². The molecule has 0 unspecified atom stereocenters. The summed E-state index contributed by atoms with van der Waals surface area (Å²) in [5.74, 6) is 0.738. The number of hydrogen-bond donors (Lipinski definition) is 1. The minimum atomic E-state index is -1.03. The molecular formula is C24H19Cl2NO4. The predicted molar refractivity (Wildman–Crippen MR) is 123 cm³/mol. The van der Waals surface area contributed by atoms with Crippen molar-refractivity contribution in [3.63, 3.8) is 0 Å². The Morgan fingerprint density at radius 1 is 0.871 bits per heavy atom. The number of aromatic carboxylic acids is 1. The lowest BCUT2D eigenvalue weighted by Gasteiger charge is -2.12. The average molecular weight is 456 g/mol. The summed E-state index contributed by atoms with van der Waals surface area (Å²) in [6.45, 7) is 3.90. The third-order valence-electron chi connectivity index (χ3n) is 4.53. The van der Waals surface area contributed by atoms with E-state index in [4.69, 9.17) is 32.7 Å². The number of rotatable bonds is 6. The molecule has 0 aliphatic rings. The molecule has 158 valence electrons. The minimum Gasteiger partial charge on any atom is -0.491 e. The number of nitrogens with zero attached hydrogens (tertiary/aromatic N) is 1. The Hall–Kier alpha value is -3.15. The third-order valence-corrected chi connectivity index (χ3v) is 4.97. The Bertz CT molecular complexity index is 1240. The molecule has 0 fully saturated rings. The van der Waals surface area contributed by atoms with Crippen molar-refractivity contribution in [1.82, 2.24) is 4.57 Å². The van der Waals surface area contributed by atoms with Gasteiger partial charge in [0.1, 0.15) is 22.9 Å². The topological polar surface area (TPSA) is 60.7 Å². The molecule has 1 N–H and O–H groups in total. The number of carbonyl (C=O) groups is 1. The van der Waals surface area contributed by atoms with Crippen LogP contribution in [0.3, 0.4) is 0 Å². The fourth-order valence-corrected chi connectivity index (χ4v) is 3.87. The fraction of sp³-hybridized carbons (Fsp3) is 0.125. The number of aromatic nitrogens is 1. The summed E-state index contributed by atoms with van der Waals surface area (Å²) in [7, 11) is 0. The van der Waals surface area contributed by atoms with Gasteiger partial charge in [0.05, 0.1) is 11.6 Å². The lowest BCUT2D eigenvalue weighted by Crippen LogP contribution is -2.07. The number of fused-ring (bicyclic) bond motifs is 1. The van der Waals surface area contributed by atoms with E-state index < -0.39 is 5.97 Å². The third kappa shape index (κ3) is 4.63. The molecule has 5 nitrogen and oxygen atoms in total. The first-order valence-corrected chi connectivity index (χ1v) is 10.4. The van der Waals surface area contributed by atoms with Gasteiger partial charge in [-0.25, -0.2) is 4.79 Å². The summed E-state index contributed by atoms with van der Waals surface area (Å²) in [5, 5.41) is 11.4. The van der Waals surface area contributed by atoms with Crippen LogP contribution < -0.4 is 9.47 Å². The zero-order valence-corrected chi connectivity index (χ0v) is 18.3. The molecule has 0 bridgehead atoms. The van der Waals surface area contributed by atoms with Crippen LogP contribution in [0, 0.1) is 0 Å². The second kappa shape index (κ2) is 8.53. The molecule has 0 aliphatic heterocycles. The van der Waals surface area contributed by atoms with Crippen molar-refractivity contribution in [2.45, 2.75) is 20.0 Å². The van der Waals surface area contributed by atoms with E-state index in [1.165, 1.54) is 0 Å². The Labute approximate surface area is 189 Å². The molecule has 0 aliphatic carbocycles. The highest BCUT2D eigenvalue weighted by Crippen LogP contribution is 2.32. The highest BCUT2D eigenvalue weighted by Gasteiger charge is 2.17. The highest BCUT2D eigenvalue weighted by molar-refractivity contribution is 6.34. The zero-order valence-electron chi connectivity index (χ0n) is 16.8. The van der Waals surface area contributed by atoms with Gasteiger partial charge < -0.3 is 19.1 Å². The van der Waals surface area contributed by atoms with Gasteiger partial charge in [0.25, 0.3) is 0 Å². The van der Waals surface area contributed by atoms with Crippen molar-refractivity contribution < 1.29 is 19.4 Å². The Morgan fingerprint density at radius 2 is 1.52 bits per heavy atom. The first-order valence-electron chi connectivity index (χ1n) is 9.60. The molecule has 0 atom stereocenters. The van der Waals surface area contributed by atoms with Crippen LogP contribution in [-0.4, -0.2) is 21.7 Å². The molecule has 0 radical (unpaired) electrons. The van der Waals surface area contributed by atoms with E-state index in [1.54, 1.807) is 41.0 Å². The van der Waals surface area contributed by atoms with Gasteiger partial charge in [-0.15, -0.1) is 0 Å². The normalized spacial score (nSPS) is 11.1. The molecule has 0 saturated carbocycles. The lowest BCUT2D eigenvalue weighted by atomic mass is 10.2. The molecule has 0 saturated heterocycles. The van der Waals surface area contributed by atoms with Crippen LogP contribution >= 0.6 is 23.2 Å². The summed E-state index contributed by atoms with van der Waals surface area (Å²) in [6.07, 6.45) is 0.0561. The monoisotopic (exact) mass is 455 g/mol. The standard InChI is InChI=1S/C24H19Cl2NO4/c1-14(2)30-19-5-3-18(4-6-19)27-22-8-7-20(9-15(22)10-23(27)24(28)29)31-21-12-16(25)11-17(26)13-21/h3-14H,1-2H3,(H,28,29). The largest absolute Gasteiger partial charge is 0.491 e. The number of carboxylic acid groups (broad SMARTS) is 1. The van der Waals surface area contributed by atoms with E-state index in [1.807, 2.05) is 44.2 Å². The minimum absolute atomic E-state index is 0.0561. The maximum atomic E-state index is 11.9. The van der Waals surface area contributed by atoms with E-state index in [0.717, 1.165) is 22.3 Å². The quantitative estimate of drug-likeness (QED) is 0.333. The van der Waals surface area contributed by atoms with E-state index in [9.17, 15) is 9.90 Å². The van der Waals surface area contributed by atoms with Gasteiger partial charge in [0.2, 0.25) is 0 Å². The number of benzene rings is 3. The first kappa shape index (κ1) is 21.1. The predicted octanol–water partition coefficient (Wildman–Crippen LogP) is 7.22. The lowest BCUT2D eigenvalue weighted by molar-refractivity contribution is 0.0688. The number of halogens is 2. The molecule has 1 heterocycles. The maximum Gasteiger partial charge on any atom is 0.352 e. The molecule has 0 spiro atoms. The van der Waals surface area contributed by atoms with E-state index >= 15 is 0 Å². The van der Waals surface area contributed by atoms with Crippen molar-refractivity contribution in [2.24, 2.45) is 0 Å². The molecule has 4 aromatic rings. The van der Waals surface area contributed by atoms with Gasteiger partial charge in [-0.1, -0.05) is 23.2 Å². The molecule has 1 aromatic heterocycles. The van der Waals surface area contributed by atoms with Crippen LogP contribution in [0.1, 0.15) is 24.3 Å². The summed E-state index contributed by atoms with van der Waals surface area (Å²) in [5.41, 5.74) is 1.61. The molecule has 31 heavy (non-hydrogen) atoms. The van der Waals surface area contributed by atoms with Crippen molar-refractivity contribution in [1.29, 1.82) is 0 Å². The zero-order chi connectivity index (χ0) is 22.1. The van der Waals surface area contributed by atoms with Crippen LogP contribution in [0.15, 0.2) is 66.7 Å². The SMILES string of the molecule is CC(C)Oc1ccc(-n2c(C(=O)O)cc3cc(Oc4cc(Cl)cc(Cl)c4)ccc32)cc1. The smallest absolute Gasteiger partial charge is 0.352 e. The summed E-state index contributed by atoms with van der Waals surface area (Å²) >= 11 is 12.1. The van der Waals surface area contributed by atoms with Crippen LogP contribution in [0.5, 0.6) is 17.2 Å². The molecule has 7 heteroatoms. The Morgan fingerprint density at radius 3 is 2.13 bits per heavy atom. The van der Waals surface area contributed by atoms with Gasteiger partial charge in [-0.3, -0.25) is 0 Å². The first-order chi connectivity index (χ1) is 14.8. The van der Waals surface area contributed by atoms with Gasteiger partial charge in [-0.05, 0) is 80.6 Å². The van der Waals surface area contributed by atoms with Crippen LogP contribution in [0.2, 0.25) is 10.0 Å². The summed E-state index contributed by atoms with van der Waals surface area (Å²) in [4.78, 5) is 11.9. The fourth-order valence-electron chi connectivity index (χ4n) is 3.36. The number of hydrogen-bond acceptors (Lipinski definition) is 3. The van der Waals surface area contributed by atoms with Crippen LogP contribution in [-0.2, 0) is 0 Å². The Balaban J connectivity index is 1.74. The van der Waals surface area contributed by atoms with Crippen LogP contribution in [0.4, 0.5) is 0 Å². The summed E-state index contributed by atoms with van der Waals surface area (Å²) in [6, 6.07) is 19.3. The van der Waals surface area contributed by atoms with E-state index in [-0.39, 0.29) is 11.8 Å². The highest BCUT2D eigenvalue weighted by atomic mass is 35.5. The maximum absolute atomic E-state index is 11.9. The molecular weight excluding hydrogens is 437 g/mol. The van der Waals surface area contributed by atoms with Crippen LogP contribution in [0.25, 0.3) is 16.6 Å². The van der Waals surface area contributed by atoms with Crippen molar-refractivity contribution in [3.8, 4) is 22.9 Å². The van der Waals surface area contributed by atoms with E-state index in [2.05, 4.69) is 0 Å². The van der Waals surface area contributed by atoms with Gasteiger partial charge in [0.15, 0.2) is 0 Å². The second-order valence-corrected chi connectivity index (χ2v) is 8.13. The van der Waals surface area contributed by atoms with Crippen molar-refractivity contribution in [3.05, 3.63) is 82.5 Å².